The number of fused-ring (bicyclic) bond motifs is 1. The van der Waals surface area contributed by atoms with Gasteiger partial charge in [0.05, 0.1) is 17.8 Å². The zero-order valence-corrected chi connectivity index (χ0v) is 23.5. The maximum absolute atomic E-state index is 13.1. The summed E-state index contributed by atoms with van der Waals surface area (Å²) in [6.07, 6.45) is 1.96. The molecule has 2 N–H and O–H groups in total. The van der Waals surface area contributed by atoms with E-state index in [1.54, 1.807) is 25.3 Å². The molecular formula is C29H33Cl2N3O4. The molecule has 0 fully saturated rings. The molecule has 0 saturated heterocycles. The summed E-state index contributed by atoms with van der Waals surface area (Å²) in [5.74, 6) is 0.261. The molecule has 0 unspecified atom stereocenters. The van der Waals surface area contributed by atoms with Crippen LogP contribution >= 0.6 is 23.2 Å². The van der Waals surface area contributed by atoms with Crippen molar-refractivity contribution in [2.45, 2.75) is 52.7 Å². The van der Waals surface area contributed by atoms with E-state index in [1.165, 1.54) is 6.07 Å². The molecule has 0 aliphatic carbocycles. The number of amides is 2. The minimum absolute atomic E-state index is 0.143. The van der Waals surface area contributed by atoms with Crippen LogP contribution in [0, 0.1) is 5.92 Å². The largest absolute Gasteiger partial charge is 0.493 e. The molecule has 2 atom stereocenters. The Balaban J connectivity index is 1.72. The van der Waals surface area contributed by atoms with E-state index in [2.05, 4.69) is 15.8 Å². The van der Waals surface area contributed by atoms with Crippen molar-refractivity contribution < 1.29 is 19.1 Å². The molecule has 3 aromatic rings. The van der Waals surface area contributed by atoms with Gasteiger partial charge in [-0.3, -0.25) is 9.59 Å². The third-order valence-electron chi connectivity index (χ3n) is 5.67. The third-order valence-corrected chi connectivity index (χ3v) is 6.20. The number of rotatable bonds is 12. The highest BCUT2D eigenvalue weighted by Gasteiger charge is 2.25. The highest BCUT2D eigenvalue weighted by atomic mass is 35.5. The molecule has 0 heterocycles. The van der Waals surface area contributed by atoms with Gasteiger partial charge in [-0.25, -0.2) is 5.43 Å². The summed E-state index contributed by atoms with van der Waals surface area (Å²) in [6.45, 7) is 8.12. The minimum Gasteiger partial charge on any atom is -0.493 e. The van der Waals surface area contributed by atoms with Crippen molar-refractivity contribution in [2.75, 3.05) is 6.61 Å². The molecular weight excluding hydrogens is 525 g/mol. The Morgan fingerprint density at radius 3 is 2.45 bits per heavy atom. The molecule has 0 aliphatic rings. The Hall–Kier alpha value is -3.29. The number of carbonyl (C=O) groups excluding carboxylic acids is 2. The van der Waals surface area contributed by atoms with Gasteiger partial charge < -0.3 is 14.8 Å². The number of halogens is 2. The molecule has 202 valence electrons. The smallest absolute Gasteiger partial charge is 0.262 e. The number of carbonyl (C=O) groups is 2. The van der Waals surface area contributed by atoms with Gasteiger partial charge >= 0.3 is 0 Å². The van der Waals surface area contributed by atoms with Crippen molar-refractivity contribution in [1.82, 2.24) is 10.7 Å². The van der Waals surface area contributed by atoms with E-state index in [0.29, 0.717) is 34.6 Å². The van der Waals surface area contributed by atoms with Crippen LogP contribution in [-0.2, 0) is 9.59 Å². The number of hydrogen-bond donors (Lipinski definition) is 2. The fourth-order valence-corrected chi connectivity index (χ4v) is 4.24. The van der Waals surface area contributed by atoms with Gasteiger partial charge in [0.1, 0.15) is 17.5 Å². The summed E-state index contributed by atoms with van der Waals surface area (Å²) >= 11 is 12.1. The van der Waals surface area contributed by atoms with Crippen molar-refractivity contribution in [3.05, 3.63) is 70.2 Å². The van der Waals surface area contributed by atoms with Crippen molar-refractivity contribution in [1.29, 1.82) is 0 Å². The van der Waals surface area contributed by atoms with Crippen LogP contribution in [0.4, 0.5) is 0 Å². The second-order valence-electron chi connectivity index (χ2n) is 9.31. The van der Waals surface area contributed by atoms with Crippen molar-refractivity contribution >= 4 is 52.0 Å². The topological polar surface area (TPSA) is 89.0 Å². The van der Waals surface area contributed by atoms with Gasteiger partial charge in [0.15, 0.2) is 6.10 Å². The van der Waals surface area contributed by atoms with Gasteiger partial charge in [-0.2, -0.15) is 5.10 Å². The van der Waals surface area contributed by atoms with E-state index < -0.39 is 24.0 Å². The normalized spacial score (nSPS) is 12.9. The lowest BCUT2D eigenvalue weighted by molar-refractivity contribution is -0.132. The molecule has 0 aliphatic heterocycles. The summed E-state index contributed by atoms with van der Waals surface area (Å²) in [7, 11) is 0. The summed E-state index contributed by atoms with van der Waals surface area (Å²) in [5.41, 5.74) is 3.34. The Morgan fingerprint density at radius 2 is 1.74 bits per heavy atom. The van der Waals surface area contributed by atoms with Gasteiger partial charge in [0.2, 0.25) is 0 Å². The molecule has 38 heavy (non-hydrogen) atoms. The average Bonchev–Trinajstić information content (AvgIpc) is 2.88. The molecule has 0 aromatic heterocycles. The fraction of sp³-hybridized carbons (Fsp3) is 0.345. The second-order valence-corrected chi connectivity index (χ2v) is 10.2. The molecule has 0 spiro atoms. The number of ether oxygens (including phenoxy) is 2. The van der Waals surface area contributed by atoms with Crippen LogP contribution in [0.3, 0.4) is 0 Å². The van der Waals surface area contributed by atoms with Crippen LogP contribution in [0.5, 0.6) is 11.5 Å². The molecule has 9 heteroatoms. The van der Waals surface area contributed by atoms with Crippen LogP contribution in [0.1, 0.15) is 46.1 Å². The first-order chi connectivity index (χ1) is 18.2. The third kappa shape index (κ3) is 8.10. The monoisotopic (exact) mass is 557 g/mol. The standard InChI is InChI=1S/C29H33Cl2N3O4/c1-5-14-37-26-12-10-20-8-6-7-9-22(20)23(26)17-32-34-29(36)25(15-18(2)3)33-28(35)19(4)38-27-13-11-21(30)16-24(27)31/h6-13,16-19,25H,5,14-15H2,1-4H3,(H,33,35)(H,34,36)/b32-17-/t19-,25-/m0/s1. The number of nitrogens with zero attached hydrogens (tertiary/aromatic N) is 1. The van der Waals surface area contributed by atoms with Gasteiger partial charge in [0, 0.05) is 10.6 Å². The summed E-state index contributed by atoms with van der Waals surface area (Å²) in [6, 6.07) is 15.7. The van der Waals surface area contributed by atoms with E-state index in [4.69, 9.17) is 32.7 Å². The van der Waals surface area contributed by atoms with Crippen molar-refractivity contribution in [3.8, 4) is 11.5 Å². The van der Waals surface area contributed by atoms with Crippen LogP contribution in [0.25, 0.3) is 10.8 Å². The first-order valence-electron chi connectivity index (χ1n) is 12.6. The number of hydrogen-bond acceptors (Lipinski definition) is 5. The minimum atomic E-state index is -0.895. The van der Waals surface area contributed by atoms with E-state index >= 15 is 0 Å². The second kappa shape index (κ2) is 14.0. The van der Waals surface area contributed by atoms with Gasteiger partial charge in [0.25, 0.3) is 11.8 Å². The molecule has 0 saturated carbocycles. The number of benzene rings is 3. The lowest BCUT2D eigenvalue weighted by Crippen LogP contribution is -2.49. The number of hydrazone groups is 1. The van der Waals surface area contributed by atoms with Gasteiger partial charge in [-0.1, -0.05) is 74.3 Å². The molecule has 2 amide bonds. The van der Waals surface area contributed by atoms with Crippen molar-refractivity contribution in [2.24, 2.45) is 11.0 Å². The average molecular weight is 559 g/mol. The lowest BCUT2D eigenvalue weighted by Gasteiger charge is -2.22. The fourth-order valence-electron chi connectivity index (χ4n) is 3.79. The Kier molecular flexibility index (Phi) is 10.8. The molecule has 3 rings (SSSR count). The van der Waals surface area contributed by atoms with E-state index in [1.807, 2.05) is 57.2 Å². The highest BCUT2D eigenvalue weighted by Crippen LogP contribution is 2.29. The molecule has 3 aromatic carbocycles. The number of nitrogens with one attached hydrogen (secondary N) is 2. The van der Waals surface area contributed by atoms with Gasteiger partial charge in [-0.15, -0.1) is 0 Å². The zero-order valence-electron chi connectivity index (χ0n) is 22.0. The van der Waals surface area contributed by atoms with Crippen LogP contribution in [0.2, 0.25) is 10.0 Å². The van der Waals surface area contributed by atoms with Crippen molar-refractivity contribution in [3.63, 3.8) is 0 Å². The van der Waals surface area contributed by atoms with Crippen LogP contribution in [0.15, 0.2) is 59.7 Å². The van der Waals surface area contributed by atoms with Crippen LogP contribution in [-0.4, -0.2) is 36.8 Å². The SMILES string of the molecule is CCCOc1ccc2ccccc2c1/C=N\NC(=O)[C@H](CC(C)C)NC(=O)[C@H](C)Oc1ccc(Cl)cc1Cl. The first kappa shape index (κ1) is 29.3. The summed E-state index contributed by atoms with van der Waals surface area (Å²) in [5, 5.41) is 9.72. The predicted molar refractivity (Wildman–Crippen MR) is 153 cm³/mol. The Labute approximate surface area is 233 Å². The first-order valence-corrected chi connectivity index (χ1v) is 13.3. The Bertz CT molecular complexity index is 1300. The Morgan fingerprint density at radius 1 is 1.00 bits per heavy atom. The summed E-state index contributed by atoms with van der Waals surface area (Å²) in [4.78, 5) is 25.9. The van der Waals surface area contributed by atoms with E-state index in [-0.39, 0.29) is 5.92 Å². The highest BCUT2D eigenvalue weighted by molar-refractivity contribution is 6.35. The molecule has 0 bridgehead atoms. The quantitative estimate of drug-likeness (QED) is 0.199. The maximum Gasteiger partial charge on any atom is 0.262 e. The lowest BCUT2D eigenvalue weighted by atomic mass is 10.0. The zero-order chi connectivity index (χ0) is 27.7. The van der Waals surface area contributed by atoms with Gasteiger partial charge in [-0.05, 0) is 60.7 Å². The van der Waals surface area contributed by atoms with E-state index in [0.717, 1.165) is 22.8 Å². The van der Waals surface area contributed by atoms with Crippen LogP contribution < -0.4 is 20.2 Å². The predicted octanol–water partition coefficient (Wildman–Crippen LogP) is 6.38. The summed E-state index contributed by atoms with van der Waals surface area (Å²) < 4.78 is 11.6. The molecule has 7 nitrogen and oxygen atoms in total. The maximum atomic E-state index is 13.1. The van der Waals surface area contributed by atoms with E-state index in [9.17, 15) is 9.59 Å². The molecule has 0 radical (unpaired) electrons.